The average molecular weight is 205 g/mol. The van der Waals surface area contributed by atoms with Gasteiger partial charge >= 0.3 is 0 Å². The maximum Gasteiger partial charge on any atom is 0.0166 e. The summed E-state index contributed by atoms with van der Waals surface area (Å²) in [5, 5.41) is 0. The summed E-state index contributed by atoms with van der Waals surface area (Å²) in [5.74, 6) is 0. The molecule has 1 saturated heterocycles. The standard InChI is InChI=1S/C14H23N/c1-3-8-14(9-4-1)10-7-13-15-11-5-2-6-12-15/h7-8,10H,1-6,9,11-13H2/b10-7+. The predicted molar refractivity (Wildman–Crippen MR) is 66.0 cm³/mol. The molecule has 0 bridgehead atoms. The van der Waals surface area contributed by atoms with Gasteiger partial charge in [-0.1, -0.05) is 30.2 Å². The van der Waals surface area contributed by atoms with Crippen molar-refractivity contribution in [2.75, 3.05) is 19.6 Å². The Morgan fingerprint density at radius 1 is 1.07 bits per heavy atom. The summed E-state index contributed by atoms with van der Waals surface area (Å²) in [6.07, 6.45) is 16.7. The lowest BCUT2D eigenvalue weighted by Crippen LogP contribution is -2.29. The lowest BCUT2D eigenvalue weighted by atomic mass is 9.99. The second-order valence-electron chi connectivity index (χ2n) is 4.79. The van der Waals surface area contributed by atoms with Crippen LogP contribution in [0.25, 0.3) is 0 Å². The van der Waals surface area contributed by atoms with Crippen LogP contribution in [0.4, 0.5) is 0 Å². The van der Waals surface area contributed by atoms with Crippen LogP contribution >= 0.6 is 0 Å². The van der Waals surface area contributed by atoms with Gasteiger partial charge in [0.25, 0.3) is 0 Å². The van der Waals surface area contributed by atoms with Gasteiger partial charge in [0.15, 0.2) is 0 Å². The van der Waals surface area contributed by atoms with E-state index in [-0.39, 0.29) is 0 Å². The Balaban J connectivity index is 1.71. The van der Waals surface area contributed by atoms with Gasteiger partial charge in [-0.3, -0.25) is 4.90 Å². The number of hydrogen-bond donors (Lipinski definition) is 0. The van der Waals surface area contributed by atoms with E-state index in [4.69, 9.17) is 0 Å². The van der Waals surface area contributed by atoms with E-state index in [0.717, 1.165) is 6.54 Å². The fourth-order valence-corrected chi connectivity index (χ4v) is 2.51. The highest BCUT2D eigenvalue weighted by atomic mass is 15.1. The first kappa shape index (κ1) is 10.9. The quantitative estimate of drug-likeness (QED) is 0.681. The Bertz CT molecular complexity index is 234. The van der Waals surface area contributed by atoms with Gasteiger partial charge in [0, 0.05) is 6.54 Å². The maximum absolute atomic E-state index is 2.57. The molecule has 0 unspecified atom stereocenters. The van der Waals surface area contributed by atoms with Crippen LogP contribution in [-0.4, -0.2) is 24.5 Å². The summed E-state index contributed by atoms with van der Waals surface area (Å²) >= 11 is 0. The Morgan fingerprint density at radius 3 is 2.67 bits per heavy atom. The monoisotopic (exact) mass is 205 g/mol. The van der Waals surface area contributed by atoms with E-state index >= 15 is 0 Å². The van der Waals surface area contributed by atoms with E-state index in [2.05, 4.69) is 23.1 Å². The lowest BCUT2D eigenvalue weighted by molar-refractivity contribution is 0.251. The van der Waals surface area contributed by atoms with Crippen molar-refractivity contribution in [2.24, 2.45) is 0 Å². The fourth-order valence-electron chi connectivity index (χ4n) is 2.51. The van der Waals surface area contributed by atoms with Gasteiger partial charge in [0.2, 0.25) is 0 Å². The zero-order valence-electron chi connectivity index (χ0n) is 9.75. The molecule has 1 fully saturated rings. The van der Waals surface area contributed by atoms with Crippen molar-refractivity contribution < 1.29 is 0 Å². The first-order valence-electron chi connectivity index (χ1n) is 6.53. The number of hydrogen-bond acceptors (Lipinski definition) is 1. The molecule has 0 aromatic rings. The molecule has 1 aliphatic heterocycles. The van der Waals surface area contributed by atoms with Gasteiger partial charge in [-0.05, 0) is 51.6 Å². The minimum atomic E-state index is 1.16. The lowest BCUT2D eigenvalue weighted by Gasteiger charge is -2.24. The van der Waals surface area contributed by atoms with Crippen LogP contribution in [-0.2, 0) is 0 Å². The van der Waals surface area contributed by atoms with Crippen LogP contribution in [0, 0.1) is 0 Å². The molecule has 2 aliphatic rings. The van der Waals surface area contributed by atoms with Crippen LogP contribution in [0.1, 0.15) is 44.9 Å². The van der Waals surface area contributed by atoms with Crippen LogP contribution < -0.4 is 0 Å². The molecule has 0 amide bonds. The summed E-state index contributed by atoms with van der Waals surface area (Å²) in [5.41, 5.74) is 1.57. The smallest absolute Gasteiger partial charge is 0.0166 e. The average Bonchev–Trinajstić information content (AvgIpc) is 2.32. The first-order chi connectivity index (χ1) is 7.45. The van der Waals surface area contributed by atoms with E-state index in [9.17, 15) is 0 Å². The van der Waals surface area contributed by atoms with E-state index in [1.54, 1.807) is 5.57 Å². The molecule has 0 aromatic heterocycles. The first-order valence-corrected chi connectivity index (χ1v) is 6.53. The summed E-state index contributed by atoms with van der Waals surface area (Å²) in [6, 6.07) is 0. The van der Waals surface area contributed by atoms with Crippen LogP contribution in [0.2, 0.25) is 0 Å². The Morgan fingerprint density at radius 2 is 1.93 bits per heavy atom. The van der Waals surface area contributed by atoms with Crippen molar-refractivity contribution in [2.45, 2.75) is 44.9 Å². The summed E-state index contributed by atoms with van der Waals surface area (Å²) in [7, 11) is 0. The highest BCUT2D eigenvalue weighted by Crippen LogP contribution is 2.18. The van der Waals surface area contributed by atoms with Crippen molar-refractivity contribution in [3.8, 4) is 0 Å². The molecule has 2 rings (SSSR count). The molecular weight excluding hydrogens is 182 g/mol. The minimum absolute atomic E-state index is 1.16. The molecule has 0 saturated carbocycles. The van der Waals surface area contributed by atoms with Crippen molar-refractivity contribution in [3.63, 3.8) is 0 Å². The molecular formula is C14H23N. The third-order valence-electron chi connectivity index (χ3n) is 3.47. The topological polar surface area (TPSA) is 3.24 Å². The zero-order chi connectivity index (χ0) is 10.3. The fraction of sp³-hybridized carbons (Fsp3) is 0.714. The molecule has 1 aliphatic carbocycles. The highest BCUT2D eigenvalue weighted by Gasteiger charge is 2.07. The molecule has 1 heterocycles. The third kappa shape index (κ3) is 3.83. The predicted octanol–water partition coefficient (Wildman–Crippen LogP) is 3.53. The molecule has 0 atom stereocenters. The molecule has 84 valence electrons. The number of piperidine rings is 1. The van der Waals surface area contributed by atoms with Gasteiger partial charge in [-0.25, -0.2) is 0 Å². The molecule has 15 heavy (non-hydrogen) atoms. The SMILES string of the molecule is C1=C(/C=C/CN2CCCCC2)CCCC1. The summed E-state index contributed by atoms with van der Waals surface area (Å²) in [4.78, 5) is 2.57. The molecule has 0 aromatic carbocycles. The van der Waals surface area contributed by atoms with E-state index in [0.29, 0.717) is 0 Å². The van der Waals surface area contributed by atoms with Crippen molar-refractivity contribution >= 4 is 0 Å². The highest BCUT2D eigenvalue weighted by molar-refractivity contribution is 5.20. The van der Waals surface area contributed by atoms with Crippen LogP contribution in [0.15, 0.2) is 23.8 Å². The van der Waals surface area contributed by atoms with Gasteiger partial charge in [-0.2, -0.15) is 0 Å². The Hall–Kier alpha value is -0.560. The molecule has 1 heteroatoms. The van der Waals surface area contributed by atoms with E-state index in [1.165, 1.54) is 58.0 Å². The van der Waals surface area contributed by atoms with E-state index < -0.39 is 0 Å². The molecule has 1 nitrogen and oxygen atoms in total. The number of rotatable bonds is 3. The minimum Gasteiger partial charge on any atom is -0.300 e. The molecule has 0 radical (unpaired) electrons. The zero-order valence-corrected chi connectivity index (χ0v) is 9.75. The Labute approximate surface area is 93.9 Å². The largest absolute Gasteiger partial charge is 0.300 e. The second-order valence-corrected chi connectivity index (χ2v) is 4.79. The van der Waals surface area contributed by atoms with Gasteiger partial charge in [-0.15, -0.1) is 0 Å². The van der Waals surface area contributed by atoms with Crippen LogP contribution in [0.3, 0.4) is 0 Å². The number of nitrogens with zero attached hydrogens (tertiary/aromatic N) is 1. The molecule has 0 spiro atoms. The number of allylic oxidation sites excluding steroid dienone is 3. The normalized spacial score (nSPS) is 24.4. The molecule has 0 N–H and O–H groups in total. The van der Waals surface area contributed by atoms with Crippen molar-refractivity contribution in [1.82, 2.24) is 4.90 Å². The van der Waals surface area contributed by atoms with Crippen LogP contribution in [0.5, 0.6) is 0 Å². The summed E-state index contributed by atoms with van der Waals surface area (Å²) in [6.45, 7) is 3.78. The van der Waals surface area contributed by atoms with Gasteiger partial charge < -0.3 is 0 Å². The van der Waals surface area contributed by atoms with Gasteiger partial charge in [0.05, 0.1) is 0 Å². The Kier molecular flexibility index (Phi) is 4.46. The van der Waals surface area contributed by atoms with E-state index in [1.807, 2.05) is 0 Å². The summed E-state index contributed by atoms with van der Waals surface area (Å²) < 4.78 is 0. The van der Waals surface area contributed by atoms with Gasteiger partial charge in [0.1, 0.15) is 0 Å². The van der Waals surface area contributed by atoms with Crippen molar-refractivity contribution in [3.05, 3.63) is 23.8 Å². The third-order valence-corrected chi connectivity index (χ3v) is 3.47. The second kappa shape index (κ2) is 6.12. The van der Waals surface area contributed by atoms with Crippen molar-refractivity contribution in [1.29, 1.82) is 0 Å². The number of likely N-dealkylation sites (tertiary alicyclic amines) is 1. The maximum atomic E-state index is 2.57.